The highest BCUT2D eigenvalue weighted by atomic mass is 16.3. The van der Waals surface area contributed by atoms with Crippen molar-refractivity contribution in [3.8, 4) is 17.2 Å². The smallest absolute Gasteiger partial charge is 0.119 e. The molecule has 3 nitrogen and oxygen atoms in total. The molecule has 236 valence electrons. The van der Waals surface area contributed by atoms with Gasteiger partial charge in [-0.15, -0.1) is 0 Å². The Hall–Kier alpha value is -2.94. The molecule has 0 spiro atoms. The van der Waals surface area contributed by atoms with Crippen LogP contribution >= 0.6 is 0 Å². The first-order chi connectivity index (χ1) is 19.4. The maximum atomic E-state index is 11.2. The molecule has 43 heavy (non-hydrogen) atoms. The molecule has 3 N–H and O–H groups in total. The first-order valence-electron chi connectivity index (χ1n) is 15.9. The number of hydrogen-bond acceptors (Lipinski definition) is 3. The molecule has 0 aliphatic heterocycles. The van der Waals surface area contributed by atoms with Crippen LogP contribution in [0.5, 0.6) is 17.2 Å². The van der Waals surface area contributed by atoms with E-state index in [4.69, 9.17) is 0 Å². The van der Waals surface area contributed by atoms with Crippen LogP contribution in [0.15, 0.2) is 18.2 Å². The van der Waals surface area contributed by atoms with Gasteiger partial charge >= 0.3 is 0 Å². The highest BCUT2D eigenvalue weighted by Gasteiger charge is 2.34. The maximum Gasteiger partial charge on any atom is 0.119 e. The van der Waals surface area contributed by atoms with Crippen molar-refractivity contribution in [3.63, 3.8) is 0 Å². The van der Waals surface area contributed by atoms with Gasteiger partial charge in [0.1, 0.15) is 17.2 Å². The zero-order valence-corrected chi connectivity index (χ0v) is 29.9. The van der Waals surface area contributed by atoms with Gasteiger partial charge in [0, 0.05) is 22.6 Å². The van der Waals surface area contributed by atoms with Crippen molar-refractivity contribution < 1.29 is 15.3 Å². The van der Waals surface area contributed by atoms with Crippen molar-refractivity contribution in [1.29, 1.82) is 0 Å². The zero-order valence-electron chi connectivity index (χ0n) is 29.9. The Morgan fingerprint density at radius 1 is 0.488 bits per heavy atom. The van der Waals surface area contributed by atoms with E-state index in [1.165, 1.54) is 22.3 Å². The van der Waals surface area contributed by atoms with Crippen molar-refractivity contribution in [2.75, 3.05) is 0 Å². The van der Waals surface area contributed by atoms with Crippen LogP contribution in [0.2, 0.25) is 0 Å². The first-order valence-corrected chi connectivity index (χ1v) is 15.9. The molecule has 3 heteroatoms. The van der Waals surface area contributed by atoms with Crippen molar-refractivity contribution in [1.82, 2.24) is 0 Å². The lowest BCUT2D eigenvalue weighted by atomic mass is 9.70. The largest absolute Gasteiger partial charge is 0.508 e. The SMILES string of the molecule is Cc1cc(O)c(C(C)(C)C)c(C)c1C(C)CC(c1c(C)cc(O)c(C(C)(C)C)c1C)c1c(C)cc(O)c(C(C)(C)C)c1C. The van der Waals surface area contributed by atoms with Crippen LogP contribution in [0, 0.1) is 41.5 Å². The van der Waals surface area contributed by atoms with Crippen LogP contribution in [-0.4, -0.2) is 15.3 Å². The van der Waals surface area contributed by atoms with Gasteiger partial charge in [0.25, 0.3) is 0 Å². The van der Waals surface area contributed by atoms with Gasteiger partial charge in [0.05, 0.1) is 0 Å². The summed E-state index contributed by atoms with van der Waals surface area (Å²) in [6, 6.07) is 5.84. The van der Waals surface area contributed by atoms with Crippen LogP contribution in [-0.2, 0) is 16.2 Å². The Bertz CT molecular complexity index is 1460. The fourth-order valence-corrected chi connectivity index (χ4v) is 8.45. The van der Waals surface area contributed by atoms with Gasteiger partial charge in [-0.2, -0.15) is 0 Å². The Kier molecular flexibility index (Phi) is 9.26. The van der Waals surface area contributed by atoms with Gasteiger partial charge in [0.15, 0.2) is 0 Å². The van der Waals surface area contributed by atoms with Crippen molar-refractivity contribution in [3.05, 3.63) is 85.0 Å². The van der Waals surface area contributed by atoms with Crippen molar-refractivity contribution >= 4 is 0 Å². The van der Waals surface area contributed by atoms with E-state index in [1.54, 1.807) is 0 Å². The van der Waals surface area contributed by atoms with Crippen LogP contribution in [0.1, 0.15) is 154 Å². The Morgan fingerprint density at radius 3 is 1.02 bits per heavy atom. The van der Waals surface area contributed by atoms with Crippen LogP contribution in [0.4, 0.5) is 0 Å². The van der Waals surface area contributed by atoms with Crippen LogP contribution in [0.3, 0.4) is 0 Å². The summed E-state index contributed by atoms with van der Waals surface area (Å²) >= 11 is 0. The van der Waals surface area contributed by atoms with E-state index in [9.17, 15) is 15.3 Å². The number of phenolic OH excluding ortho intramolecular Hbond substituents is 3. The summed E-state index contributed by atoms with van der Waals surface area (Å²) in [5, 5.41) is 33.4. The molecule has 0 aromatic heterocycles. The lowest BCUT2D eigenvalue weighted by Gasteiger charge is -2.35. The highest BCUT2D eigenvalue weighted by Crippen LogP contribution is 2.49. The standard InChI is InChI=1S/C40H58O3/c1-21(32-22(2)18-29(41)35(25(32)5)38(8,9)10)17-28(33-23(3)19-30(42)36(26(33)6)39(11,12)13)34-24(4)20-31(43)37(27(34)7)40(14,15)16/h18-21,28,41-43H,17H2,1-16H3. The molecule has 0 amide bonds. The molecule has 0 radical (unpaired) electrons. The predicted octanol–water partition coefficient (Wildman–Crippen LogP) is 10.9. The second kappa shape index (κ2) is 11.5. The van der Waals surface area contributed by atoms with Gasteiger partial charge in [-0.1, -0.05) is 69.2 Å². The van der Waals surface area contributed by atoms with E-state index in [2.05, 4.69) is 111 Å². The zero-order chi connectivity index (χ0) is 33.1. The second-order valence-corrected chi connectivity index (χ2v) is 16.3. The second-order valence-electron chi connectivity index (χ2n) is 16.3. The summed E-state index contributed by atoms with van der Waals surface area (Å²) in [5.41, 5.74) is 12.9. The quantitative estimate of drug-likeness (QED) is 0.279. The number of aromatic hydroxyl groups is 3. The van der Waals surface area contributed by atoms with Crippen molar-refractivity contribution in [2.24, 2.45) is 0 Å². The summed E-state index contributed by atoms with van der Waals surface area (Å²) in [4.78, 5) is 0. The molecule has 0 bridgehead atoms. The average Bonchev–Trinajstić information content (AvgIpc) is 2.74. The third-order valence-corrected chi connectivity index (χ3v) is 9.47. The van der Waals surface area contributed by atoms with Gasteiger partial charge < -0.3 is 15.3 Å². The Balaban J connectivity index is 2.45. The Labute approximate surface area is 262 Å². The third kappa shape index (κ3) is 6.47. The number of aryl methyl sites for hydroxylation is 3. The monoisotopic (exact) mass is 586 g/mol. The molecule has 0 fully saturated rings. The van der Waals surface area contributed by atoms with Gasteiger partial charge in [-0.25, -0.2) is 0 Å². The molecule has 1 atom stereocenters. The van der Waals surface area contributed by atoms with Gasteiger partial charge in [0.2, 0.25) is 0 Å². The molecule has 1 unspecified atom stereocenters. The predicted molar refractivity (Wildman–Crippen MR) is 184 cm³/mol. The minimum atomic E-state index is -0.228. The molecule has 0 heterocycles. The van der Waals surface area contributed by atoms with E-state index in [-0.39, 0.29) is 28.1 Å². The normalized spacial score (nSPS) is 13.6. The molecule has 0 saturated heterocycles. The molecular formula is C40H58O3. The van der Waals surface area contributed by atoms with Crippen LogP contribution in [0.25, 0.3) is 0 Å². The number of hydrogen-bond donors (Lipinski definition) is 3. The van der Waals surface area contributed by atoms with Gasteiger partial charge in [-0.3, -0.25) is 0 Å². The number of benzene rings is 3. The van der Waals surface area contributed by atoms with Gasteiger partial charge in [-0.05, 0) is 138 Å². The first kappa shape index (κ1) is 34.5. The summed E-state index contributed by atoms with van der Waals surface area (Å²) in [5.74, 6) is 1.29. The Morgan fingerprint density at radius 2 is 0.744 bits per heavy atom. The topological polar surface area (TPSA) is 60.7 Å². The number of rotatable bonds is 5. The van der Waals surface area contributed by atoms with E-state index in [0.717, 1.165) is 50.9 Å². The molecular weight excluding hydrogens is 528 g/mol. The maximum absolute atomic E-state index is 11.2. The highest BCUT2D eigenvalue weighted by molar-refractivity contribution is 5.60. The summed E-state index contributed by atoms with van der Waals surface area (Å²) in [6.07, 6.45) is 0.849. The van der Waals surface area contributed by atoms with Crippen molar-refractivity contribution in [2.45, 2.75) is 145 Å². The van der Waals surface area contributed by atoms with E-state index >= 15 is 0 Å². The average molecular weight is 587 g/mol. The van der Waals surface area contributed by atoms with E-state index < -0.39 is 0 Å². The minimum absolute atomic E-state index is 0.0316. The molecule has 3 aromatic rings. The minimum Gasteiger partial charge on any atom is -0.508 e. The molecule has 3 aromatic carbocycles. The van der Waals surface area contributed by atoms with Crippen LogP contribution < -0.4 is 0 Å². The summed E-state index contributed by atoms with van der Waals surface area (Å²) in [7, 11) is 0. The third-order valence-electron chi connectivity index (χ3n) is 9.47. The van der Waals surface area contributed by atoms with E-state index in [1.807, 2.05) is 18.2 Å². The summed E-state index contributed by atoms with van der Waals surface area (Å²) in [6.45, 7) is 34.7. The lowest BCUT2D eigenvalue weighted by Crippen LogP contribution is -2.21. The van der Waals surface area contributed by atoms with E-state index in [0.29, 0.717) is 17.2 Å². The fraction of sp³-hybridized carbons (Fsp3) is 0.550. The molecule has 0 saturated carbocycles. The molecule has 3 rings (SSSR count). The summed E-state index contributed by atoms with van der Waals surface area (Å²) < 4.78 is 0. The lowest BCUT2D eigenvalue weighted by molar-refractivity contribution is 0.442. The fourth-order valence-electron chi connectivity index (χ4n) is 8.45. The molecule has 0 aliphatic rings. The number of phenols is 3. The molecule has 0 aliphatic carbocycles.